The molecule has 2 bridgehead atoms. The lowest BCUT2D eigenvalue weighted by atomic mass is 9.92. The van der Waals surface area contributed by atoms with E-state index in [-0.39, 0.29) is 11.8 Å². The maximum Gasteiger partial charge on any atom is 0.251 e. The molecule has 5 heteroatoms. The zero-order valence-corrected chi connectivity index (χ0v) is 13.2. The molecule has 1 aromatic heterocycles. The maximum atomic E-state index is 12.6. The summed E-state index contributed by atoms with van der Waals surface area (Å²) in [4.78, 5) is 25.7. The van der Waals surface area contributed by atoms with E-state index in [2.05, 4.69) is 17.5 Å². The number of carbonyl (C=O) groups is 2. The fourth-order valence-electron chi connectivity index (χ4n) is 4.20. The van der Waals surface area contributed by atoms with Crippen LogP contribution in [0, 0.1) is 17.8 Å². The molecule has 2 amide bonds. The minimum Gasteiger partial charge on any atom is -0.365 e. The second-order valence-corrected chi connectivity index (χ2v) is 7.76. The lowest BCUT2D eigenvalue weighted by Crippen LogP contribution is -2.27. The Hall–Kier alpha value is -1.62. The summed E-state index contributed by atoms with van der Waals surface area (Å²) in [6, 6.07) is 0. The van der Waals surface area contributed by atoms with Crippen LogP contribution in [0.5, 0.6) is 0 Å². The predicted molar refractivity (Wildman–Crippen MR) is 87.0 cm³/mol. The Labute approximate surface area is 133 Å². The third-order valence-corrected chi connectivity index (χ3v) is 6.48. The number of amides is 2. The van der Waals surface area contributed by atoms with E-state index in [1.165, 1.54) is 4.88 Å². The SMILES string of the molecule is NC(=O)c1c(NC(=O)C2CC3C=CC2C3)sc2c1CCCC2. The van der Waals surface area contributed by atoms with Gasteiger partial charge in [0.2, 0.25) is 5.91 Å². The molecule has 22 heavy (non-hydrogen) atoms. The summed E-state index contributed by atoms with van der Waals surface area (Å²) in [5.74, 6) is 0.625. The Balaban J connectivity index is 1.60. The van der Waals surface area contributed by atoms with Gasteiger partial charge in [0.1, 0.15) is 5.00 Å². The average molecular weight is 316 g/mol. The number of anilines is 1. The predicted octanol–water partition coefficient (Wildman–Crippen LogP) is 2.88. The molecule has 0 aromatic carbocycles. The van der Waals surface area contributed by atoms with Crippen LogP contribution in [0.4, 0.5) is 5.00 Å². The molecule has 0 radical (unpaired) electrons. The van der Waals surface area contributed by atoms with Crippen molar-refractivity contribution in [3.63, 3.8) is 0 Å². The minimum absolute atomic E-state index is 0.0508. The van der Waals surface area contributed by atoms with E-state index in [4.69, 9.17) is 5.73 Å². The van der Waals surface area contributed by atoms with Gasteiger partial charge in [0.25, 0.3) is 5.91 Å². The van der Waals surface area contributed by atoms with Gasteiger partial charge in [0.15, 0.2) is 0 Å². The molecule has 1 fully saturated rings. The van der Waals surface area contributed by atoms with E-state index < -0.39 is 5.91 Å². The summed E-state index contributed by atoms with van der Waals surface area (Å²) in [6.45, 7) is 0. The summed E-state index contributed by atoms with van der Waals surface area (Å²) in [5, 5.41) is 3.70. The molecule has 4 rings (SSSR count). The Morgan fingerprint density at radius 1 is 1.18 bits per heavy atom. The summed E-state index contributed by atoms with van der Waals surface area (Å²) in [5.41, 5.74) is 7.22. The van der Waals surface area contributed by atoms with Gasteiger partial charge < -0.3 is 11.1 Å². The number of hydrogen-bond acceptors (Lipinski definition) is 3. The van der Waals surface area contributed by atoms with Crippen LogP contribution < -0.4 is 11.1 Å². The summed E-state index contributed by atoms with van der Waals surface area (Å²) in [6.07, 6.45) is 10.6. The van der Waals surface area contributed by atoms with Gasteiger partial charge in [0, 0.05) is 10.8 Å². The second-order valence-electron chi connectivity index (χ2n) is 6.66. The minimum atomic E-state index is -0.414. The number of aryl methyl sites for hydroxylation is 1. The van der Waals surface area contributed by atoms with Crippen LogP contribution in [0.1, 0.15) is 46.5 Å². The van der Waals surface area contributed by atoms with Gasteiger partial charge in [-0.1, -0.05) is 12.2 Å². The van der Waals surface area contributed by atoms with Crippen LogP contribution >= 0.6 is 11.3 Å². The zero-order chi connectivity index (χ0) is 15.3. The van der Waals surface area contributed by atoms with Crippen molar-refractivity contribution < 1.29 is 9.59 Å². The summed E-state index contributed by atoms with van der Waals surface area (Å²) < 4.78 is 0. The van der Waals surface area contributed by atoms with Crippen molar-refractivity contribution in [2.75, 3.05) is 5.32 Å². The van der Waals surface area contributed by atoms with Crippen LogP contribution in [-0.4, -0.2) is 11.8 Å². The van der Waals surface area contributed by atoms with Crippen molar-refractivity contribution in [2.24, 2.45) is 23.5 Å². The second kappa shape index (κ2) is 5.23. The number of carbonyl (C=O) groups excluding carboxylic acids is 2. The van der Waals surface area contributed by atoms with Gasteiger partial charge in [-0.15, -0.1) is 11.3 Å². The molecule has 1 aromatic rings. The molecule has 3 unspecified atom stereocenters. The van der Waals surface area contributed by atoms with Gasteiger partial charge in [0.05, 0.1) is 5.56 Å². The van der Waals surface area contributed by atoms with Crippen LogP contribution in [0.3, 0.4) is 0 Å². The van der Waals surface area contributed by atoms with Gasteiger partial charge in [-0.3, -0.25) is 9.59 Å². The van der Waals surface area contributed by atoms with Gasteiger partial charge in [-0.2, -0.15) is 0 Å². The van der Waals surface area contributed by atoms with Crippen molar-refractivity contribution in [3.05, 3.63) is 28.2 Å². The van der Waals surface area contributed by atoms with Crippen LogP contribution in [0.15, 0.2) is 12.2 Å². The largest absolute Gasteiger partial charge is 0.365 e. The highest BCUT2D eigenvalue weighted by atomic mass is 32.1. The molecule has 116 valence electrons. The highest BCUT2D eigenvalue weighted by Crippen LogP contribution is 2.44. The molecule has 0 saturated heterocycles. The molecular weight excluding hydrogens is 296 g/mol. The van der Waals surface area contributed by atoms with Gasteiger partial charge >= 0.3 is 0 Å². The number of hydrogen-bond donors (Lipinski definition) is 2. The van der Waals surface area contributed by atoms with Crippen molar-refractivity contribution >= 4 is 28.2 Å². The Bertz CT molecular complexity index is 676. The van der Waals surface area contributed by atoms with E-state index in [9.17, 15) is 9.59 Å². The summed E-state index contributed by atoms with van der Waals surface area (Å²) in [7, 11) is 0. The van der Waals surface area contributed by atoms with Crippen molar-refractivity contribution in [1.29, 1.82) is 0 Å². The summed E-state index contributed by atoms with van der Waals surface area (Å²) >= 11 is 1.55. The molecule has 3 aliphatic carbocycles. The van der Waals surface area contributed by atoms with Crippen molar-refractivity contribution in [1.82, 2.24) is 0 Å². The van der Waals surface area contributed by atoms with Gasteiger partial charge in [-0.05, 0) is 55.9 Å². The number of nitrogens with two attached hydrogens (primary N) is 1. The molecule has 1 saturated carbocycles. The monoisotopic (exact) mass is 316 g/mol. The van der Waals surface area contributed by atoms with Crippen LogP contribution in [-0.2, 0) is 17.6 Å². The number of nitrogens with one attached hydrogen (secondary N) is 1. The maximum absolute atomic E-state index is 12.6. The quantitative estimate of drug-likeness (QED) is 0.842. The lowest BCUT2D eigenvalue weighted by molar-refractivity contribution is -0.120. The van der Waals surface area contributed by atoms with E-state index in [1.807, 2.05) is 0 Å². The third kappa shape index (κ3) is 2.19. The normalized spacial score (nSPS) is 28.6. The first-order valence-electron chi connectivity index (χ1n) is 8.07. The molecule has 4 nitrogen and oxygen atoms in total. The number of rotatable bonds is 3. The van der Waals surface area contributed by atoms with E-state index in [0.717, 1.165) is 44.1 Å². The van der Waals surface area contributed by atoms with Crippen LogP contribution in [0.2, 0.25) is 0 Å². The fourth-order valence-corrected chi connectivity index (χ4v) is 5.50. The molecule has 3 N–H and O–H groups in total. The highest BCUT2D eigenvalue weighted by Gasteiger charge is 2.40. The lowest BCUT2D eigenvalue weighted by Gasteiger charge is -2.17. The van der Waals surface area contributed by atoms with Gasteiger partial charge in [-0.25, -0.2) is 0 Å². The van der Waals surface area contributed by atoms with Crippen molar-refractivity contribution in [2.45, 2.75) is 38.5 Å². The smallest absolute Gasteiger partial charge is 0.251 e. The fraction of sp³-hybridized carbons (Fsp3) is 0.529. The zero-order valence-electron chi connectivity index (χ0n) is 12.4. The molecule has 1 heterocycles. The Morgan fingerprint density at radius 2 is 2.00 bits per heavy atom. The number of primary amides is 1. The first-order chi connectivity index (χ1) is 10.6. The van der Waals surface area contributed by atoms with E-state index in [1.54, 1.807) is 11.3 Å². The molecular formula is C17H20N2O2S. The molecule has 0 aliphatic heterocycles. The van der Waals surface area contributed by atoms with Crippen LogP contribution in [0.25, 0.3) is 0 Å². The van der Waals surface area contributed by atoms with E-state index in [0.29, 0.717) is 22.4 Å². The first-order valence-corrected chi connectivity index (χ1v) is 8.88. The third-order valence-electron chi connectivity index (χ3n) is 5.27. The molecule has 3 atom stereocenters. The molecule has 3 aliphatic rings. The Morgan fingerprint density at radius 3 is 2.68 bits per heavy atom. The number of thiophene rings is 1. The number of allylic oxidation sites excluding steroid dienone is 2. The first kappa shape index (κ1) is 14.0. The highest BCUT2D eigenvalue weighted by molar-refractivity contribution is 7.17. The molecule has 0 spiro atoms. The topological polar surface area (TPSA) is 72.2 Å². The number of fused-ring (bicyclic) bond motifs is 3. The van der Waals surface area contributed by atoms with Crippen molar-refractivity contribution in [3.8, 4) is 0 Å². The van der Waals surface area contributed by atoms with E-state index >= 15 is 0 Å². The Kier molecular flexibility index (Phi) is 3.33. The standard InChI is InChI=1S/C17H20N2O2S/c18-15(20)14-11-3-1-2-4-13(11)22-17(14)19-16(21)12-8-9-5-6-10(12)7-9/h5-6,9-10,12H,1-4,7-8H2,(H2,18,20)(H,19,21). The average Bonchev–Trinajstić information content (AvgIpc) is 3.19.